The molecular formula is C18H18N6O. The predicted molar refractivity (Wildman–Crippen MR) is 97.8 cm³/mol. The highest BCUT2D eigenvalue weighted by Crippen LogP contribution is 2.32. The van der Waals surface area contributed by atoms with Gasteiger partial charge in [-0.2, -0.15) is 9.61 Å². The van der Waals surface area contributed by atoms with Crippen molar-refractivity contribution >= 4 is 28.3 Å². The Labute approximate surface area is 143 Å². The summed E-state index contributed by atoms with van der Waals surface area (Å²) in [4.78, 5) is 19.7. The molecule has 0 saturated carbocycles. The zero-order chi connectivity index (χ0) is 17.7. The second-order valence-corrected chi connectivity index (χ2v) is 6.14. The minimum Gasteiger partial charge on any atom is -0.373 e. The lowest BCUT2D eigenvalue weighted by Gasteiger charge is -2.08. The average molecular weight is 334 g/mol. The number of aryl methyl sites for hydroxylation is 2. The van der Waals surface area contributed by atoms with Crippen LogP contribution in [-0.2, 0) is 0 Å². The Kier molecular flexibility index (Phi) is 3.24. The number of nitrogens with one attached hydrogen (secondary N) is 2. The Morgan fingerprint density at radius 3 is 2.80 bits per heavy atom. The molecule has 126 valence electrons. The summed E-state index contributed by atoms with van der Waals surface area (Å²) in [5.74, 6) is 0.179. The maximum Gasteiger partial charge on any atom is 0.254 e. The molecule has 3 heterocycles. The van der Waals surface area contributed by atoms with Crippen LogP contribution in [0.2, 0.25) is 0 Å². The monoisotopic (exact) mass is 334 g/mol. The van der Waals surface area contributed by atoms with Crippen LogP contribution in [0.1, 0.15) is 21.5 Å². The molecule has 0 fully saturated rings. The molecule has 0 unspecified atom stereocenters. The van der Waals surface area contributed by atoms with Crippen molar-refractivity contribution in [3.05, 3.63) is 47.3 Å². The predicted octanol–water partition coefficient (Wildman–Crippen LogP) is 2.64. The molecule has 0 radical (unpaired) electrons. The number of carbonyl (C=O) groups excluding carboxylic acids is 1. The minimum atomic E-state index is -0.549. The summed E-state index contributed by atoms with van der Waals surface area (Å²) in [5.41, 5.74) is 11.3. The number of fused-ring (bicyclic) bond motifs is 2. The van der Waals surface area contributed by atoms with Crippen LogP contribution in [0, 0.1) is 13.8 Å². The minimum absolute atomic E-state index is 0.297. The molecule has 0 bridgehead atoms. The average Bonchev–Trinajstić information content (AvgIpc) is 3.17. The van der Waals surface area contributed by atoms with E-state index in [1.807, 2.05) is 12.3 Å². The number of nitrogens with two attached hydrogens (primary N) is 1. The Bertz CT molecular complexity index is 1140. The Hall–Kier alpha value is -3.35. The number of hydrogen-bond acceptors (Lipinski definition) is 4. The summed E-state index contributed by atoms with van der Waals surface area (Å²) in [6.07, 6.45) is 3.38. The Morgan fingerprint density at radius 2 is 2.08 bits per heavy atom. The van der Waals surface area contributed by atoms with Crippen molar-refractivity contribution in [2.24, 2.45) is 5.73 Å². The smallest absolute Gasteiger partial charge is 0.254 e. The fourth-order valence-electron chi connectivity index (χ4n) is 3.26. The lowest BCUT2D eigenvalue weighted by Crippen LogP contribution is -2.11. The molecule has 0 spiro atoms. The molecule has 4 rings (SSSR count). The third kappa shape index (κ3) is 2.24. The maximum atomic E-state index is 11.7. The van der Waals surface area contributed by atoms with Gasteiger partial charge in [0.05, 0.1) is 11.9 Å². The molecule has 0 aliphatic carbocycles. The number of amides is 1. The highest BCUT2D eigenvalue weighted by Gasteiger charge is 2.17. The molecule has 0 saturated heterocycles. The summed E-state index contributed by atoms with van der Waals surface area (Å²) < 4.78 is 1.58. The van der Waals surface area contributed by atoms with Crippen LogP contribution < -0.4 is 11.1 Å². The van der Waals surface area contributed by atoms with Crippen LogP contribution in [0.5, 0.6) is 0 Å². The molecule has 1 amide bonds. The molecular weight excluding hydrogens is 316 g/mol. The summed E-state index contributed by atoms with van der Waals surface area (Å²) in [6.45, 7) is 4.15. The van der Waals surface area contributed by atoms with E-state index in [2.05, 4.69) is 46.4 Å². The highest BCUT2D eigenvalue weighted by atomic mass is 16.1. The molecule has 0 atom stereocenters. The summed E-state index contributed by atoms with van der Waals surface area (Å²) >= 11 is 0. The number of H-pyrrole nitrogens is 1. The number of aromatic nitrogens is 4. The first-order valence-electron chi connectivity index (χ1n) is 7.94. The molecule has 7 nitrogen and oxygen atoms in total. The number of primary amides is 1. The van der Waals surface area contributed by atoms with Crippen LogP contribution in [0.4, 0.5) is 5.82 Å². The third-order valence-electron chi connectivity index (χ3n) is 4.40. The third-order valence-corrected chi connectivity index (χ3v) is 4.40. The molecule has 0 aliphatic heterocycles. The fraction of sp³-hybridized carbons (Fsp3) is 0.167. The van der Waals surface area contributed by atoms with E-state index >= 15 is 0 Å². The lowest BCUT2D eigenvalue weighted by molar-refractivity contribution is 0.100. The van der Waals surface area contributed by atoms with Crippen molar-refractivity contribution in [1.82, 2.24) is 19.6 Å². The van der Waals surface area contributed by atoms with Gasteiger partial charge in [0.25, 0.3) is 5.91 Å². The van der Waals surface area contributed by atoms with E-state index in [9.17, 15) is 4.79 Å². The Morgan fingerprint density at radius 1 is 1.28 bits per heavy atom. The van der Waals surface area contributed by atoms with E-state index in [1.165, 1.54) is 17.3 Å². The Balaban J connectivity index is 2.04. The lowest BCUT2D eigenvalue weighted by atomic mass is 10.0. The van der Waals surface area contributed by atoms with Crippen LogP contribution in [0.15, 0.2) is 30.6 Å². The topological polar surface area (TPSA) is 101 Å². The van der Waals surface area contributed by atoms with Gasteiger partial charge in [0, 0.05) is 35.8 Å². The SMILES string of the molecule is CNc1cc(-c2c[nH]c3c(C)cc(C)cc23)nc2c(C(N)=O)cnn12. The zero-order valence-corrected chi connectivity index (χ0v) is 14.2. The summed E-state index contributed by atoms with van der Waals surface area (Å²) in [7, 11) is 1.80. The summed E-state index contributed by atoms with van der Waals surface area (Å²) in [5, 5.41) is 8.39. The van der Waals surface area contributed by atoms with Crippen molar-refractivity contribution in [3.63, 3.8) is 0 Å². The first-order chi connectivity index (χ1) is 12.0. The van der Waals surface area contributed by atoms with E-state index in [0.29, 0.717) is 11.2 Å². The highest BCUT2D eigenvalue weighted by molar-refractivity contribution is 6.00. The van der Waals surface area contributed by atoms with Gasteiger partial charge in [0.1, 0.15) is 11.4 Å². The molecule has 1 aromatic carbocycles. The normalized spacial score (nSPS) is 11.3. The van der Waals surface area contributed by atoms with E-state index in [-0.39, 0.29) is 0 Å². The van der Waals surface area contributed by atoms with Gasteiger partial charge in [-0.25, -0.2) is 4.98 Å². The van der Waals surface area contributed by atoms with Gasteiger partial charge < -0.3 is 16.0 Å². The molecule has 3 aromatic heterocycles. The molecule has 25 heavy (non-hydrogen) atoms. The summed E-state index contributed by atoms with van der Waals surface area (Å²) in [6, 6.07) is 6.18. The molecule has 4 N–H and O–H groups in total. The van der Waals surface area contributed by atoms with Crippen molar-refractivity contribution in [3.8, 4) is 11.3 Å². The molecule has 7 heteroatoms. The number of aromatic amines is 1. The van der Waals surface area contributed by atoms with Gasteiger partial charge in [-0.1, -0.05) is 11.6 Å². The number of rotatable bonds is 3. The largest absolute Gasteiger partial charge is 0.373 e. The van der Waals surface area contributed by atoms with Crippen molar-refractivity contribution in [2.45, 2.75) is 13.8 Å². The first kappa shape index (κ1) is 15.2. The van der Waals surface area contributed by atoms with Gasteiger partial charge in [-0.05, 0) is 25.5 Å². The zero-order valence-electron chi connectivity index (χ0n) is 14.2. The quantitative estimate of drug-likeness (QED) is 0.536. The molecule has 4 aromatic rings. The van der Waals surface area contributed by atoms with Gasteiger partial charge in [-0.3, -0.25) is 4.79 Å². The van der Waals surface area contributed by atoms with E-state index in [0.717, 1.165) is 28.0 Å². The number of benzene rings is 1. The second-order valence-electron chi connectivity index (χ2n) is 6.14. The van der Waals surface area contributed by atoms with Gasteiger partial charge in [-0.15, -0.1) is 0 Å². The first-order valence-corrected chi connectivity index (χ1v) is 7.94. The number of hydrogen-bond donors (Lipinski definition) is 3. The second kappa shape index (κ2) is 5.34. The maximum absolute atomic E-state index is 11.7. The number of anilines is 1. The number of nitrogens with zero attached hydrogens (tertiary/aromatic N) is 3. The fourth-order valence-corrected chi connectivity index (χ4v) is 3.26. The van der Waals surface area contributed by atoms with E-state index < -0.39 is 5.91 Å². The van der Waals surface area contributed by atoms with Crippen molar-refractivity contribution < 1.29 is 4.79 Å². The van der Waals surface area contributed by atoms with Crippen LogP contribution in [0.3, 0.4) is 0 Å². The standard InChI is InChI=1S/C18H18N6O/c1-9-4-10(2)16-11(5-9)12(7-21-16)14-6-15(20-3)24-18(23-14)13(8-22-24)17(19)25/h4-8,20-21H,1-3H3,(H2,19,25). The van der Waals surface area contributed by atoms with E-state index in [1.54, 1.807) is 11.6 Å². The van der Waals surface area contributed by atoms with Crippen LogP contribution in [0.25, 0.3) is 27.8 Å². The van der Waals surface area contributed by atoms with Gasteiger partial charge >= 0.3 is 0 Å². The molecule has 0 aliphatic rings. The number of carbonyl (C=O) groups is 1. The van der Waals surface area contributed by atoms with Gasteiger partial charge in [0.15, 0.2) is 5.65 Å². The van der Waals surface area contributed by atoms with Crippen molar-refractivity contribution in [1.29, 1.82) is 0 Å². The van der Waals surface area contributed by atoms with Crippen molar-refractivity contribution in [2.75, 3.05) is 12.4 Å². The van der Waals surface area contributed by atoms with E-state index in [4.69, 9.17) is 5.73 Å². The van der Waals surface area contributed by atoms with Crippen LogP contribution in [-0.4, -0.2) is 32.5 Å². The van der Waals surface area contributed by atoms with Gasteiger partial charge in [0.2, 0.25) is 0 Å². The van der Waals surface area contributed by atoms with Crippen LogP contribution >= 0.6 is 0 Å².